The molecule has 0 bridgehead atoms. The van der Waals surface area contributed by atoms with Crippen molar-refractivity contribution in [1.29, 1.82) is 0 Å². The van der Waals surface area contributed by atoms with Crippen LogP contribution in [0.1, 0.15) is 0 Å². The number of sulfone groups is 2. The van der Waals surface area contributed by atoms with Crippen LogP contribution in [0, 0.1) is 0 Å². The Morgan fingerprint density at radius 2 is 1.47 bits per heavy atom. The van der Waals surface area contributed by atoms with Crippen molar-refractivity contribution in [1.82, 2.24) is 0 Å². The maximum absolute atomic E-state index is 11.6. The summed E-state index contributed by atoms with van der Waals surface area (Å²) < 4.78 is 46.0. The summed E-state index contributed by atoms with van der Waals surface area (Å²) in [6, 6.07) is 0. The molecule has 0 saturated carbocycles. The standard InChI is InChI=1S/C7H15Cl2NO4S2.ClH/c8-1-3-15(11,12)6-7(5-10)16(13,14)4-2-9;/h7H,1-6,10H2;1H. The Morgan fingerprint density at radius 1 is 1.00 bits per heavy atom. The van der Waals surface area contributed by atoms with Crippen molar-refractivity contribution in [3.8, 4) is 0 Å². The number of alkyl halides is 2. The molecule has 0 fully saturated rings. The molecule has 0 spiro atoms. The van der Waals surface area contributed by atoms with Crippen LogP contribution in [-0.2, 0) is 19.7 Å². The average molecular weight is 349 g/mol. The highest BCUT2D eigenvalue weighted by Crippen LogP contribution is 2.07. The normalized spacial score (nSPS) is 14.1. The second-order valence-corrected chi connectivity index (χ2v) is 8.60. The summed E-state index contributed by atoms with van der Waals surface area (Å²) in [5, 5.41) is -1.10. The van der Waals surface area contributed by atoms with Gasteiger partial charge in [0, 0.05) is 18.3 Å². The Bertz CT molecular complexity index is 395. The highest BCUT2D eigenvalue weighted by Gasteiger charge is 2.28. The molecule has 5 nitrogen and oxygen atoms in total. The molecule has 0 aromatic heterocycles. The molecule has 0 aromatic rings. The lowest BCUT2D eigenvalue weighted by Gasteiger charge is -2.14. The number of hydrogen-bond acceptors (Lipinski definition) is 5. The first-order chi connectivity index (χ1) is 7.29. The van der Waals surface area contributed by atoms with Crippen LogP contribution in [-0.4, -0.2) is 57.6 Å². The maximum atomic E-state index is 11.6. The van der Waals surface area contributed by atoms with Crippen molar-refractivity contribution in [2.24, 2.45) is 5.73 Å². The monoisotopic (exact) mass is 347 g/mol. The predicted octanol–water partition coefficient (Wildman–Crippen LogP) is 0.0427. The number of nitrogens with two attached hydrogens (primary N) is 1. The van der Waals surface area contributed by atoms with Crippen molar-refractivity contribution in [2.45, 2.75) is 5.25 Å². The third kappa shape index (κ3) is 7.69. The van der Waals surface area contributed by atoms with E-state index in [9.17, 15) is 16.8 Å². The lowest BCUT2D eigenvalue weighted by Crippen LogP contribution is -2.38. The molecule has 0 saturated heterocycles. The van der Waals surface area contributed by atoms with Crippen LogP contribution < -0.4 is 5.73 Å². The lowest BCUT2D eigenvalue weighted by atomic mass is 10.5. The Labute approximate surface area is 118 Å². The number of halogens is 3. The van der Waals surface area contributed by atoms with Gasteiger partial charge in [0.25, 0.3) is 0 Å². The maximum Gasteiger partial charge on any atom is 0.156 e. The van der Waals surface area contributed by atoms with Gasteiger partial charge >= 0.3 is 0 Å². The molecule has 0 amide bonds. The summed E-state index contributed by atoms with van der Waals surface area (Å²) in [6.45, 7) is -0.235. The van der Waals surface area contributed by atoms with Gasteiger partial charge in [-0.15, -0.1) is 35.6 Å². The minimum Gasteiger partial charge on any atom is -0.329 e. The van der Waals surface area contributed by atoms with Crippen LogP contribution in [0.15, 0.2) is 0 Å². The Kier molecular flexibility index (Phi) is 10.3. The fourth-order valence-corrected chi connectivity index (χ4v) is 5.82. The molecule has 2 N–H and O–H groups in total. The van der Waals surface area contributed by atoms with Crippen molar-refractivity contribution >= 4 is 55.3 Å². The molecule has 1 unspecified atom stereocenters. The summed E-state index contributed by atoms with van der Waals surface area (Å²) in [4.78, 5) is 0. The molecule has 0 rings (SSSR count). The van der Waals surface area contributed by atoms with E-state index in [2.05, 4.69) is 0 Å². The summed E-state index contributed by atoms with van der Waals surface area (Å²) in [7, 11) is -7.03. The Hall–Kier alpha value is 0.730. The quantitative estimate of drug-likeness (QED) is 0.625. The first kappa shape index (κ1) is 20.1. The van der Waals surface area contributed by atoms with Gasteiger partial charge in [0.1, 0.15) is 0 Å². The topological polar surface area (TPSA) is 94.3 Å². The van der Waals surface area contributed by atoms with Gasteiger partial charge < -0.3 is 5.73 Å². The van der Waals surface area contributed by atoms with Gasteiger partial charge in [0.05, 0.1) is 22.5 Å². The van der Waals surface area contributed by atoms with E-state index in [4.69, 9.17) is 28.9 Å². The molecular weight excluding hydrogens is 333 g/mol. The van der Waals surface area contributed by atoms with Gasteiger partial charge in [-0.25, -0.2) is 16.8 Å². The van der Waals surface area contributed by atoms with E-state index in [0.29, 0.717) is 0 Å². The molecule has 1 atom stereocenters. The predicted molar refractivity (Wildman–Crippen MR) is 74.0 cm³/mol. The number of rotatable bonds is 8. The first-order valence-electron chi connectivity index (χ1n) is 4.53. The summed E-state index contributed by atoms with van der Waals surface area (Å²) >= 11 is 10.6. The van der Waals surface area contributed by atoms with Crippen LogP contribution in [0.2, 0.25) is 0 Å². The molecule has 0 aliphatic carbocycles. The van der Waals surface area contributed by atoms with Crippen LogP contribution >= 0.6 is 35.6 Å². The van der Waals surface area contributed by atoms with Crippen molar-refractivity contribution < 1.29 is 16.8 Å². The molecule has 0 radical (unpaired) electrons. The minimum atomic E-state index is -3.55. The van der Waals surface area contributed by atoms with Crippen molar-refractivity contribution in [3.63, 3.8) is 0 Å². The summed E-state index contributed by atoms with van der Waals surface area (Å²) in [6.07, 6.45) is 0. The van der Waals surface area contributed by atoms with Crippen molar-refractivity contribution in [3.05, 3.63) is 0 Å². The highest BCUT2D eigenvalue weighted by atomic mass is 35.5. The van der Waals surface area contributed by atoms with Crippen molar-refractivity contribution in [2.75, 3.05) is 35.6 Å². The largest absolute Gasteiger partial charge is 0.329 e. The van der Waals surface area contributed by atoms with Crippen LogP contribution in [0.25, 0.3) is 0 Å². The zero-order valence-corrected chi connectivity index (χ0v) is 13.0. The molecule has 0 aliphatic rings. The van der Waals surface area contributed by atoms with Gasteiger partial charge in [-0.3, -0.25) is 0 Å². The SMILES string of the molecule is Cl.NCC(CS(=O)(=O)CCCl)S(=O)(=O)CCCl. The van der Waals surface area contributed by atoms with Crippen LogP contribution in [0.3, 0.4) is 0 Å². The second kappa shape index (κ2) is 8.77. The zero-order chi connectivity index (χ0) is 12.8. The Balaban J connectivity index is 0. The summed E-state index contributed by atoms with van der Waals surface area (Å²) in [5.41, 5.74) is 5.27. The van der Waals surface area contributed by atoms with E-state index >= 15 is 0 Å². The van der Waals surface area contributed by atoms with Gasteiger partial charge in [-0.05, 0) is 0 Å². The van der Waals surface area contributed by atoms with Crippen LogP contribution in [0.4, 0.5) is 0 Å². The fourth-order valence-electron chi connectivity index (χ4n) is 1.08. The van der Waals surface area contributed by atoms with Gasteiger partial charge in [-0.2, -0.15) is 0 Å². The minimum absolute atomic E-state index is 0. The fraction of sp³-hybridized carbons (Fsp3) is 1.00. The van der Waals surface area contributed by atoms with Gasteiger partial charge in [0.2, 0.25) is 0 Å². The van der Waals surface area contributed by atoms with E-state index < -0.39 is 30.7 Å². The van der Waals surface area contributed by atoms with E-state index in [-0.39, 0.29) is 42.2 Å². The molecule has 0 aromatic carbocycles. The Morgan fingerprint density at radius 3 is 1.82 bits per heavy atom. The third-order valence-corrected chi connectivity index (χ3v) is 6.88. The smallest absolute Gasteiger partial charge is 0.156 e. The van der Waals surface area contributed by atoms with E-state index in [1.807, 2.05) is 0 Å². The van der Waals surface area contributed by atoms with Crippen LogP contribution in [0.5, 0.6) is 0 Å². The molecule has 106 valence electrons. The number of hydrogen-bond donors (Lipinski definition) is 1. The van der Waals surface area contributed by atoms with Gasteiger partial charge in [-0.1, -0.05) is 0 Å². The third-order valence-electron chi connectivity index (χ3n) is 1.96. The molecule has 10 heteroatoms. The molecular formula is C7H16Cl3NO4S2. The molecule has 0 aliphatic heterocycles. The summed E-state index contributed by atoms with van der Waals surface area (Å²) in [5.74, 6) is -1.15. The lowest BCUT2D eigenvalue weighted by molar-refractivity contribution is 0.575. The van der Waals surface area contributed by atoms with E-state index in [1.165, 1.54) is 0 Å². The second-order valence-electron chi connectivity index (χ2n) is 3.22. The zero-order valence-electron chi connectivity index (χ0n) is 9.01. The average Bonchev–Trinajstić information content (AvgIpc) is 2.13. The van der Waals surface area contributed by atoms with E-state index in [1.54, 1.807) is 0 Å². The first-order valence-corrected chi connectivity index (χ1v) is 9.13. The van der Waals surface area contributed by atoms with E-state index in [0.717, 1.165) is 0 Å². The van der Waals surface area contributed by atoms with Gasteiger partial charge in [0.15, 0.2) is 19.7 Å². The highest BCUT2D eigenvalue weighted by molar-refractivity contribution is 7.95. The molecule has 0 heterocycles. The molecule has 17 heavy (non-hydrogen) atoms.